The van der Waals surface area contributed by atoms with Crippen molar-refractivity contribution in [2.24, 2.45) is 0 Å². The molecule has 0 bridgehead atoms. The van der Waals surface area contributed by atoms with Crippen molar-refractivity contribution in [2.45, 2.75) is 51.9 Å². The van der Waals surface area contributed by atoms with Gasteiger partial charge in [0, 0.05) is 5.54 Å². The average molecular weight is 303 g/mol. The molecule has 0 aliphatic carbocycles. The van der Waals surface area contributed by atoms with E-state index in [2.05, 4.69) is 0 Å². The van der Waals surface area contributed by atoms with E-state index >= 15 is 0 Å². The highest BCUT2D eigenvalue weighted by atomic mass is 19.4. The maximum atomic E-state index is 13.1. The van der Waals surface area contributed by atoms with Crippen LogP contribution in [0.4, 0.5) is 13.2 Å². The zero-order valence-corrected chi connectivity index (χ0v) is 13.0. The summed E-state index contributed by atoms with van der Waals surface area (Å²) in [6.45, 7) is 8.94. The monoisotopic (exact) mass is 303 g/mol. The van der Waals surface area contributed by atoms with Gasteiger partial charge in [0.1, 0.15) is 0 Å². The van der Waals surface area contributed by atoms with Crippen molar-refractivity contribution >= 4 is 0 Å². The number of alkyl halides is 3. The van der Waals surface area contributed by atoms with Gasteiger partial charge in [-0.25, -0.2) is 0 Å². The Hall–Kier alpha value is -1.07. The molecule has 1 rings (SSSR count). The number of benzene rings is 1. The first kappa shape index (κ1) is 18.0. The molecule has 1 aromatic carbocycles. The Morgan fingerprint density at radius 1 is 1.10 bits per heavy atom. The number of likely N-dealkylation sites (N-methyl/N-ethyl adjacent to an activating group) is 1. The number of halogens is 3. The number of hydrogen-bond donors (Lipinski definition) is 1. The van der Waals surface area contributed by atoms with E-state index in [9.17, 15) is 18.3 Å². The first-order valence-corrected chi connectivity index (χ1v) is 7.31. The quantitative estimate of drug-likeness (QED) is 0.849. The topological polar surface area (TPSA) is 23.5 Å². The van der Waals surface area contributed by atoms with E-state index in [1.54, 1.807) is 0 Å². The normalized spacial score (nSPS) is 16.8. The summed E-state index contributed by atoms with van der Waals surface area (Å²) >= 11 is 0. The third-order valence-corrected chi connectivity index (χ3v) is 4.35. The van der Waals surface area contributed by atoms with Gasteiger partial charge in [-0.2, -0.15) is 13.2 Å². The zero-order valence-electron chi connectivity index (χ0n) is 13.0. The van der Waals surface area contributed by atoms with Crippen molar-refractivity contribution in [1.82, 2.24) is 4.90 Å². The van der Waals surface area contributed by atoms with Gasteiger partial charge in [-0.1, -0.05) is 39.0 Å². The zero-order chi connectivity index (χ0) is 16.3. The summed E-state index contributed by atoms with van der Waals surface area (Å²) in [5, 5.41) is 10.7. The predicted octanol–water partition coefficient (Wildman–Crippen LogP) is 4.25. The Balaban J connectivity index is 3.32. The van der Waals surface area contributed by atoms with Crippen molar-refractivity contribution in [3.8, 4) is 0 Å². The molecule has 0 radical (unpaired) electrons. The molecule has 1 N–H and O–H groups in total. The van der Waals surface area contributed by atoms with Gasteiger partial charge in [-0.05, 0) is 38.1 Å². The largest absolute Gasteiger partial charge is 0.416 e. The average Bonchev–Trinajstić information content (AvgIpc) is 2.46. The van der Waals surface area contributed by atoms with E-state index in [1.807, 2.05) is 32.6 Å². The number of nitrogens with zero attached hydrogens (tertiary/aromatic N) is 1. The Morgan fingerprint density at radius 3 is 2.05 bits per heavy atom. The molecule has 0 saturated carbocycles. The van der Waals surface area contributed by atoms with Crippen molar-refractivity contribution < 1.29 is 18.3 Å². The minimum atomic E-state index is -4.46. The second-order valence-corrected chi connectivity index (χ2v) is 5.37. The number of rotatable bonds is 6. The van der Waals surface area contributed by atoms with Crippen LogP contribution in [0.2, 0.25) is 0 Å². The summed E-state index contributed by atoms with van der Waals surface area (Å²) in [4.78, 5) is 2.00. The molecule has 0 aliphatic rings. The number of aliphatic hydroxyl groups is 1. The van der Waals surface area contributed by atoms with Crippen LogP contribution in [0.5, 0.6) is 0 Å². The lowest BCUT2D eigenvalue weighted by molar-refractivity contribution is -0.140. The lowest BCUT2D eigenvalue weighted by atomic mass is 9.83. The molecular formula is C16H24F3NO. The Labute approximate surface area is 124 Å². The van der Waals surface area contributed by atoms with Gasteiger partial charge in [0.05, 0.1) is 11.7 Å². The second-order valence-electron chi connectivity index (χ2n) is 5.37. The Kier molecular flexibility index (Phi) is 5.82. The number of hydrogen-bond acceptors (Lipinski definition) is 2. The van der Waals surface area contributed by atoms with E-state index in [4.69, 9.17) is 0 Å². The van der Waals surface area contributed by atoms with E-state index < -0.39 is 23.4 Å². The molecule has 120 valence electrons. The van der Waals surface area contributed by atoms with Crippen LogP contribution < -0.4 is 0 Å². The lowest BCUT2D eigenvalue weighted by Crippen LogP contribution is -2.50. The molecule has 21 heavy (non-hydrogen) atoms. The molecule has 2 nitrogen and oxygen atoms in total. The first-order chi connectivity index (χ1) is 9.72. The molecule has 5 heteroatoms. The number of aliphatic hydroxyl groups excluding tert-OH is 1. The van der Waals surface area contributed by atoms with Crippen LogP contribution in [0.1, 0.15) is 51.3 Å². The summed E-state index contributed by atoms with van der Waals surface area (Å²) < 4.78 is 39.4. The van der Waals surface area contributed by atoms with Gasteiger partial charge in [0.15, 0.2) is 0 Å². The maximum absolute atomic E-state index is 13.1. The highest BCUT2D eigenvalue weighted by molar-refractivity contribution is 5.33. The van der Waals surface area contributed by atoms with Crippen LogP contribution in [-0.4, -0.2) is 28.6 Å². The molecule has 0 spiro atoms. The van der Waals surface area contributed by atoms with Gasteiger partial charge in [0.25, 0.3) is 0 Å². The molecule has 1 aromatic rings. The molecular weight excluding hydrogens is 279 g/mol. The van der Waals surface area contributed by atoms with E-state index in [-0.39, 0.29) is 5.56 Å². The SMILES string of the molecule is CCN(CC)C(C)(CC)C(O)c1ccccc1C(F)(F)F. The van der Waals surface area contributed by atoms with Crippen LogP contribution in [0.25, 0.3) is 0 Å². The van der Waals surface area contributed by atoms with Crippen LogP contribution in [0, 0.1) is 0 Å². The van der Waals surface area contributed by atoms with E-state index in [0.29, 0.717) is 19.5 Å². The molecule has 2 unspecified atom stereocenters. The molecule has 0 aromatic heterocycles. The van der Waals surface area contributed by atoms with E-state index in [0.717, 1.165) is 6.07 Å². The molecule has 2 atom stereocenters. The standard InChI is InChI=1S/C16H24F3NO/c1-5-15(4,20(6-2)7-3)14(21)12-10-8-9-11-13(12)16(17,18)19/h8-11,14,21H,5-7H2,1-4H3. The molecule has 0 heterocycles. The fraction of sp³-hybridized carbons (Fsp3) is 0.625. The van der Waals surface area contributed by atoms with Crippen LogP contribution in [0.3, 0.4) is 0 Å². The van der Waals surface area contributed by atoms with Crippen molar-refractivity contribution in [3.05, 3.63) is 35.4 Å². The highest BCUT2D eigenvalue weighted by Gasteiger charge is 2.42. The fourth-order valence-corrected chi connectivity index (χ4v) is 2.86. The Bertz CT molecular complexity index is 457. The van der Waals surface area contributed by atoms with Crippen molar-refractivity contribution in [2.75, 3.05) is 13.1 Å². The van der Waals surface area contributed by atoms with E-state index in [1.165, 1.54) is 18.2 Å². The third-order valence-electron chi connectivity index (χ3n) is 4.35. The third kappa shape index (κ3) is 3.58. The fourth-order valence-electron chi connectivity index (χ4n) is 2.86. The minimum absolute atomic E-state index is 0.0544. The smallest absolute Gasteiger partial charge is 0.386 e. The minimum Gasteiger partial charge on any atom is -0.386 e. The van der Waals surface area contributed by atoms with Crippen LogP contribution in [-0.2, 0) is 6.18 Å². The molecule has 0 amide bonds. The first-order valence-electron chi connectivity index (χ1n) is 7.31. The summed E-state index contributed by atoms with van der Waals surface area (Å²) in [6.07, 6.45) is -5.10. The van der Waals surface area contributed by atoms with Crippen molar-refractivity contribution in [1.29, 1.82) is 0 Å². The van der Waals surface area contributed by atoms with Gasteiger partial charge in [-0.3, -0.25) is 4.90 Å². The molecule has 0 saturated heterocycles. The van der Waals surface area contributed by atoms with Crippen LogP contribution >= 0.6 is 0 Å². The van der Waals surface area contributed by atoms with Gasteiger partial charge in [-0.15, -0.1) is 0 Å². The summed E-state index contributed by atoms with van der Waals surface area (Å²) in [7, 11) is 0. The van der Waals surface area contributed by atoms with Gasteiger partial charge in [0.2, 0.25) is 0 Å². The van der Waals surface area contributed by atoms with Crippen molar-refractivity contribution in [3.63, 3.8) is 0 Å². The van der Waals surface area contributed by atoms with Crippen LogP contribution in [0.15, 0.2) is 24.3 Å². The van der Waals surface area contributed by atoms with Gasteiger partial charge >= 0.3 is 6.18 Å². The summed E-state index contributed by atoms with van der Waals surface area (Å²) in [5.74, 6) is 0. The maximum Gasteiger partial charge on any atom is 0.416 e. The van der Waals surface area contributed by atoms with Gasteiger partial charge < -0.3 is 5.11 Å². The lowest BCUT2D eigenvalue weighted by Gasteiger charge is -2.44. The summed E-state index contributed by atoms with van der Waals surface area (Å²) in [6, 6.07) is 5.27. The second kappa shape index (κ2) is 6.79. The predicted molar refractivity (Wildman–Crippen MR) is 78.0 cm³/mol. The molecule has 0 aliphatic heterocycles. The summed E-state index contributed by atoms with van der Waals surface area (Å²) in [5.41, 5.74) is -1.55. The Morgan fingerprint density at radius 2 is 1.62 bits per heavy atom. The highest BCUT2D eigenvalue weighted by Crippen LogP contribution is 2.40. The molecule has 0 fully saturated rings.